The molecule has 0 unspecified atom stereocenters. The van der Waals surface area contributed by atoms with Crippen LogP contribution >= 0.6 is 0 Å². The first-order chi connectivity index (χ1) is 9.18. The van der Waals surface area contributed by atoms with Gasteiger partial charge < -0.3 is 21.9 Å². The maximum absolute atomic E-state index is 9.96. The molecule has 0 amide bonds. The van der Waals surface area contributed by atoms with Gasteiger partial charge in [-0.2, -0.15) is 0 Å². The van der Waals surface area contributed by atoms with E-state index in [0.717, 1.165) is 0 Å². The highest BCUT2D eigenvalue weighted by molar-refractivity contribution is 6.89. The molecule has 0 heterocycles. The summed E-state index contributed by atoms with van der Waals surface area (Å²) in [5.41, 5.74) is 2.12. The molecule has 0 saturated carbocycles. The van der Waals surface area contributed by atoms with Gasteiger partial charge in [-0.25, -0.2) is 0 Å². The zero-order chi connectivity index (χ0) is 16.9. The van der Waals surface area contributed by atoms with Crippen molar-refractivity contribution < 1.29 is 21.9 Å². The Kier molecular flexibility index (Phi) is 7.94. The highest BCUT2D eigenvalue weighted by Gasteiger charge is 2.42. The lowest BCUT2D eigenvalue weighted by Gasteiger charge is -2.39. The van der Waals surface area contributed by atoms with E-state index in [4.69, 9.17) is 17.1 Å². The molecule has 0 aliphatic heterocycles. The second-order valence-electron chi connectivity index (χ2n) is 7.01. The molecular formula is C12H32O5Si4. The summed E-state index contributed by atoms with van der Waals surface area (Å²) in [6.45, 7) is 16.4. The van der Waals surface area contributed by atoms with Crippen molar-refractivity contribution in [3.8, 4) is 0 Å². The summed E-state index contributed by atoms with van der Waals surface area (Å²) in [4.78, 5) is 9.96. The molecule has 9 heteroatoms. The lowest BCUT2D eigenvalue weighted by Crippen LogP contribution is -2.56. The predicted octanol–water partition coefficient (Wildman–Crippen LogP) is 3.08. The lowest BCUT2D eigenvalue weighted by molar-refractivity contribution is 0.234. The summed E-state index contributed by atoms with van der Waals surface area (Å²) in [5.74, 6) is 0. The third kappa shape index (κ3) is 11.6. The van der Waals surface area contributed by atoms with E-state index in [1.807, 2.05) is 32.3 Å². The number of hydrogen-bond donors (Lipinski definition) is 1. The van der Waals surface area contributed by atoms with Gasteiger partial charge in [-0.3, -0.25) is 0 Å². The minimum Gasteiger partial charge on any atom is -0.433 e. The van der Waals surface area contributed by atoms with Crippen LogP contribution in [0.3, 0.4) is 0 Å². The molecule has 0 atom stereocenters. The summed E-state index contributed by atoms with van der Waals surface area (Å²) in [6.07, 6.45) is 2.00. The van der Waals surface area contributed by atoms with Gasteiger partial charge in [0, 0.05) is 7.11 Å². The Balaban J connectivity index is 4.75. The Morgan fingerprint density at radius 3 is 1.71 bits per heavy atom. The average molecular weight is 369 g/mol. The molecule has 21 heavy (non-hydrogen) atoms. The number of rotatable bonds is 9. The molecule has 0 saturated heterocycles. The fourth-order valence-corrected chi connectivity index (χ4v) is 19.0. The number of ether oxygens (including phenoxy) is 1. The van der Waals surface area contributed by atoms with Gasteiger partial charge in [-0.05, 0) is 52.4 Å². The smallest absolute Gasteiger partial charge is 0.320 e. The standard InChI is InChI=1S/C12H32O5Si4/c1-14-11-10-12-18(2,3)15-20(6,7)17-21(8,9)16-19(4,5)13/h10,12-13H,11H2,1-9H3/b12-10+. The number of hydrogen-bond acceptors (Lipinski definition) is 5. The summed E-state index contributed by atoms with van der Waals surface area (Å²) in [6, 6.07) is 0. The molecule has 1 N–H and O–H groups in total. The first kappa shape index (κ1) is 21.4. The summed E-state index contributed by atoms with van der Waals surface area (Å²) in [5, 5.41) is 0. The Hall–Kier alpha value is 0.408. The first-order valence-electron chi connectivity index (χ1n) is 7.18. The van der Waals surface area contributed by atoms with Crippen LogP contribution in [0.4, 0.5) is 0 Å². The van der Waals surface area contributed by atoms with Crippen molar-refractivity contribution >= 4 is 34.0 Å². The SMILES string of the molecule is COC/C=C/[Si](C)(C)O[Si](C)(C)O[Si](C)(C)O[Si](C)(C)O. The van der Waals surface area contributed by atoms with Gasteiger partial charge in [-0.15, -0.1) is 0 Å². The van der Waals surface area contributed by atoms with E-state index in [1.54, 1.807) is 20.2 Å². The van der Waals surface area contributed by atoms with Crippen molar-refractivity contribution in [2.24, 2.45) is 0 Å². The van der Waals surface area contributed by atoms with Crippen LogP contribution in [0.1, 0.15) is 0 Å². The fourth-order valence-electron chi connectivity index (χ4n) is 2.33. The van der Waals surface area contributed by atoms with Crippen molar-refractivity contribution in [3.05, 3.63) is 11.8 Å². The molecule has 0 aromatic rings. The van der Waals surface area contributed by atoms with E-state index in [1.165, 1.54) is 0 Å². The molecule has 0 rings (SSSR count). The monoisotopic (exact) mass is 368 g/mol. The van der Waals surface area contributed by atoms with Gasteiger partial charge in [0.2, 0.25) is 0 Å². The van der Waals surface area contributed by atoms with E-state index in [2.05, 4.69) is 18.8 Å². The summed E-state index contributed by atoms with van der Waals surface area (Å²) < 4.78 is 23.4. The van der Waals surface area contributed by atoms with Crippen molar-refractivity contribution in [2.75, 3.05) is 13.7 Å². The van der Waals surface area contributed by atoms with Crippen LogP contribution < -0.4 is 0 Å². The molecule has 0 aliphatic carbocycles. The molecule has 5 nitrogen and oxygen atoms in total. The van der Waals surface area contributed by atoms with Gasteiger partial charge in [-0.1, -0.05) is 11.8 Å². The van der Waals surface area contributed by atoms with Gasteiger partial charge in [0.1, 0.15) is 0 Å². The van der Waals surface area contributed by atoms with Crippen LogP contribution in [0.25, 0.3) is 0 Å². The molecule has 0 fully saturated rings. The van der Waals surface area contributed by atoms with E-state index in [0.29, 0.717) is 6.61 Å². The average Bonchev–Trinajstić information content (AvgIpc) is 2.08. The maximum Gasteiger partial charge on any atom is 0.320 e. The highest BCUT2D eigenvalue weighted by Crippen LogP contribution is 2.23. The van der Waals surface area contributed by atoms with Gasteiger partial charge in [0.05, 0.1) is 6.61 Å². The topological polar surface area (TPSA) is 57.2 Å². The molecule has 0 aromatic heterocycles. The van der Waals surface area contributed by atoms with E-state index in [9.17, 15) is 4.80 Å². The third-order valence-electron chi connectivity index (χ3n) is 2.28. The first-order valence-corrected chi connectivity index (χ1v) is 18.6. The molecule has 0 spiro atoms. The van der Waals surface area contributed by atoms with E-state index < -0.39 is 34.0 Å². The summed E-state index contributed by atoms with van der Waals surface area (Å²) >= 11 is 0. The van der Waals surface area contributed by atoms with Crippen LogP contribution in [-0.4, -0.2) is 52.5 Å². The maximum atomic E-state index is 9.96. The normalized spacial score (nSPS) is 15.0. The molecule has 0 aromatic carbocycles. The van der Waals surface area contributed by atoms with Crippen molar-refractivity contribution in [2.45, 2.75) is 52.4 Å². The highest BCUT2D eigenvalue weighted by atomic mass is 28.5. The molecule has 126 valence electrons. The molecule has 0 bridgehead atoms. The second-order valence-corrected chi connectivity index (χ2v) is 21.5. The van der Waals surface area contributed by atoms with Crippen LogP contribution in [0.15, 0.2) is 11.8 Å². The Bertz CT molecular complexity index is 350. The Morgan fingerprint density at radius 2 is 1.29 bits per heavy atom. The van der Waals surface area contributed by atoms with Gasteiger partial charge in [0.25, 0.3) is 0 Å². The minimum absolute atomic E-state index is 0.594. The van der Waals surface area contributed by atoms with Crippen LogP contribution in [-0.2, 0) is 17.1 Å². The van der Waals surface area contributed by atoms with Crippen molar-refractivity contribution in [1.29, 1.82) is 0 Å². The van der Waals surface area contributed by atoms with Crippen LogP contribution in [0.2, 0.25) is 52.4 Å². The third-order valence-corrected chi connectivity index (χ3v) is 15.3. The van der Waals surface area contributed by atoms with Crippen LogP contribution in [0, 0.1) is 0 Å². The largest absolute Gasteiger partial charge is 0.433 e. The van der Waals surface area contributed by atoms with Crippen LogP contribution in [0.5, 0.6) is 0 Å². The van der Waals surface area contributed by atoms with E-state index >= 15 is 0 Å². The molecular weight excluding hydrogens is 336 g/mol. The lowest BCUT2D eigenvalue weighted by atomic mass is 10.7. The molecule has 0 aliphatic rings. The second kappa shape index (κ2) is 7.79. The fraction of sp³-hybridized carbons (Fsp3) is 0.833. The van der Waals surface area contributed by atoms with E-state index in [-0.39, 0.29) is 0 Å². The predicted molar refractivity (Wildman–Crippen MR) is 96.4 cm³/mol. The van der Waals surface area contributed by atoms with Gasteiger partial charge >= 0.3 is 25.7 Å². The Labute approximate surface area is 134 Å². The summed E-state index contributed by atoms with van der Waals surface area (Å²) in [7, 11) is -7.57. The Morgan fingerprint density at radius 1 is 0.810 bits per heavy atom. The van der Waals surface area contributed by atoms with Crippen molar-refractivity contribution in [1.82, 2.24) is 0 Å². The minimum atomic E-state index is -2.59. The zero-order valence-electron chi connectivity index (χ0n) is 14.9. The zero-order valence-corrected chi connectivity index (χ0v) is 18.9. The molecule has 0 radical (unpaired) electrons. The van der Waals surface area contributed by atoms with Crippen molar-refractivity contribution in [3.63, 3.8) is 0 Å². The quantitative estimate of drug-likeness (QED) is 0.634. The number of methoxy groups -OCH3 is 1. The van der Waals surface area contributed by atoms with Gasteiger partial charge in [0.15, 0.2) is 8.32 Å².